The second kappa shape index (κ2) is 3.18. The van der Waals surface area contributed by atoms with Crippen molar-refractivity contribution < 1.29 is 18.1 Å². The summed E-state index contributed by atoms with van der Waals surface area (Å²) in [7, 11) is -4.46. The minimum Gasteiger partial charge on any atom is -0.370 e. The zero-order chi connectivity index (χ0) is 9.19. The highest BCUT2D eigenvalue weighted by Gasteiger charge is 2.22. The highest BCUT2D eigenvalue weighted by molar-refractivity contribution is 7.85. The molecule has 1 heterocycles. The highest BCUT2D eigenvalue weighted by atomic mass is 32.2. The molecule has 5 nitrogen and oxygen atoms in total. The molecular formula is C6H7NO4S. The molecule has 0 spiro atoms. The molecule has 0 amide bonds. The number of pyridine rings is 1. The molecule has 0 bridgehead atoms. The van der Waals surface area contributed by atoms with Gasteiger partial charge in [-0.1, -0.05) is 6.07 Å². The van der Waals surface area contributed by atoms with E-state index in [2.05, 4.69) is 4.98 Å². The van der Waals surface area contributed by atoms with Gasteiger partial charge < -0.3 is 5.11 Å². The molecule has 2 N–H and O–H groups in total. The maximum atomic E-state index is 10.4. The Labute approximate surface area is 69.4 Å². The fourth-order valence-corrected chi connectivity index (χ4v) is 1.12. The normalized spacial score (nSPS) is 14.2. The summed E-state index contributed by atoms with van der Waals surface area (Å²) in [5.41, 5.74) is -2.06. The standard InChI is InChI=1S/C6H7NO4S/c8-6(12(9,10)11)5-3-1-2-4-7-5/h1-4,6,8H,(H,9,10,11). The SMILES string of the molecule is O=S(=O)(O)C(O)c1ccccn1. The third-order valence-corrected chi connectivity index (χ3v) is 2.03. The van der Waals surface area contributed by atoms with E-state index < -0.39 is 15.6 Å². The second-order valence-corrected chi connectivity index (χ2v) is 3.60. The van der Waals surface area contributed by atoms with E-state index in [1.165, 1.54) is 18.3 Å². The minimum absolute atomic E-state index is 0.0972. The van der Waals surface area contributed by atoms with Gasteiger partial charge in [-0.3, -0.25) is 9.54 Å². The van der Waals surface area contributed by atoms with Gasteiger partial charge >= 0.3 is 0 Å². The number of aromatic nitrogens is 1. The molecule has 66 valence electrons. The van der Waals surface area contributed by atoms with Crippen LogP contribution in [0.2, 0.25) is 0 Å². The second-order valence-electron chi connectivity index (χ2n) is 2.12. The molecule has 1 aromatic heterocycles. The van der Waals surface area contributed by atoms with Crippen LogP contribution in [0.3, 0.4) is 0 Å². The number of aliphatic hydroxyl groups is 1. The number of rotatable bonds is 2. The predicted molar refractivity (Wildman–Crippen MR) is 40.7 cm³/mol. The van der Waals surface area contributed by atoms with Crippen LogP contribution in [0.15, 0.2) is 24.4 Å². The first-order chi connectivity index (χ1) is 5.52. The summed E-state index contributed by atoms with van der Waals surface area (Å²) in [5.74, 6) is 0. The maximum absolute atomic E-state index is 10.4. The first-order valence-electron chi connectivity index (χ1n) is 3.07. The number of nitrogens with zero attached hydrogens (tertiary/aromatic N) is 1. The Bertz CT molecular complexity index is 347. The molecule has 0 aliphatic rings. The van der Waals surface area contributed by atoms with Gasteiger partial charge in [-0.15, -0.1) is 0 Å². The van der Waals surface area contributed by atoms with Crippen molar-refractivity contribution in [2.75, 3.05) is 0 Å². The van der Waals surface area contributed by atoms with Gasteiger partial charge in [0.1, 0.15) is 0 Å². The minimum atomic E-state index is -4.46. The zero-order valence-electron chi connectivity index (χ0n) is 5.95. The van der Waals surface area contributed by atoms with Crippen LogP contribution >= 0.6 is 0 Å². The van der Waals surface area contributed by atoms with E-state index in [4.69, 9.17) is 9.66 Å². The third-order valence-electron chi connectivity index (χ3n) is 1.22. The summed E-state index contributed by atoms with van der Waals surface area (Å²) in [6.07, 6.45) is 1.32. The van der Waals surface area contributed by atoms with Gasteiger partial charge in [-0.25, -0.2) is 0 Å². The van der Waals surface area contributed by atoms with Gasteiger partial charge in [-0.2, -0.15) is 8.42 Å². The lowest BCUT2D eigenvalue weighted by Gasteiger charge is -2.04. The van der Waals surface area contributed by atoms with Crippen LogP contribution in [0, 0.1) is 0 Å². The summed E-state index contributed by atoms with van der Waals surface area (Å²) in [6, 6.07) is 4.38. The van der Waals surface area contributed by atoms with E-state index >= 15 is 0 Å². The fraction of sp³-hybridized carbons (Fsp3) is 0.167. The van der Waals surface area contributed by atoms with E-state index in [-0.39, 0.29) is 5.69 Å². The molecule has 0 saturated heterocycles. The Morgan fingerprint density at radius 1 is 1.42 bits per heavy atom. The summed E-state index contributed by atoms with van der Waals surface area (Å²) in [4.78, 5) is 3.56. The molecule has 1 atom stereocenters. The molecule has 0 saturated carbocycles. The summed E-state index contributed by atoms with van der Waals surface area (Å²) in [5, 5.41) is 8.96. The van der Waals surface area contributed by atoms with Crippen molar-refractivity contribution in [2.45, 2.75) is 5.44 Å². The highest BCUT2D eigenvalue weighted by Crippen LogP contribution is 2.14. The van der Waals surface area contributed by atoms with E-state index in [9.17, 15) is 8.42 Å². The molecule has 12 heavy (non-hydrogen) atoms. The first kappa shape index (κ1) is 9.11. The summed E-state index contributed by atoms with van der Waals surface area (Å²) < 4.78 is 29.2. The fourth-order valence-electron chi connectivity index (χ4n) is 0.675. The molecule has 0 fully saturated rings. The van der Waals surface area contributed by atoms with Gasteiger partial charge in [-0.05, 0) is 12.1 Å². The Morgan fingerprint density at radius 3 is 2.50 bits per heavy atom. The quantitative estimate of drug-likeness (QED) is 0.637. The lowest BCUT2D eigenvalue weighted by atomic mass is 10.4. The van der Waals surface area contributed by atoms with Crippen molar-refractivity contribution in [2.24, 2.45) is 0 Å². The number of hydrogen-bond acceptors (Lipinski definition) is 4. The van der Waals surface area contributed by atoms with Gasteiger partial charge in [0.25, 0.3) is 10.1 Å². The van der Waals surface area contributed by atoms with Gasteiger partial charge in [0.2, 0.25) is 5.44 Å². The zero-order valence-corrected chi connectivity index (χ0v) is 6.77. The number of hydrogen-bond donors (Lipinski definition) is 2. The summed E-state index contributed by atoms with van der Waals surface area (Å²) >= 11 is 0. The molecule has 1 aromatic rings. The smallest absolute Gasteiger partial charge is 0.298 e. The molecule has 0 aromatic carbocycles. The van der Waals surface area contributed by atoms with Crippen molar-refractivity contribution in [3.63, 3.8) is 0 Å². The Hall–Kier alpha value is -0.980. The largest absolute Gasteiger partial charge is 0.370 e. The van der Waals surface area contributed by atoms with E-state index in [1.807, 2.05) is 0 Å². The van der Waals surface area contributed by atoms with Crippen LogP contribution < -0.4 is 0 Å². The first-order valence-corrected chi connectivity index (χ1v) is 4.57. The molecule has 0 aliphatic heterocycles. The van der Waals surface area contributed by atoms with Crippen molar-refractivity contribution in [1.29, 1.82) is 0 Å². The summed E-state index contributed by atoms with van der Waals surface area (Å²) in [6.45, 7) is 0. The molecular weight excluding hydrogens is 182 g/mol. The van der Waals surface area contributed by atoms with Crippen molar-refractivity contribution in [3.05, 3.63) is 30.1 Å². The van der Waals surface area contributed by atoms with Gasteiger partial charge in [0.15, 0.2) is 0 Å². The average molecular weight is 189 g/mol. The van der Waals surface area contributed by atoms with Crippen LogP contribution in [0.4, 0.5) is 0 Å². The van der Waals surface area contributed by atoms with Crippen LogP contribution in [0.1, 0.15) is 11.1 Å². The lowest BCUT2D eigenvalue weighted by Crippen LogP contribution is -2.12. The van der Waals surface area contributed by atoms with Crippen molar-refractivity contribution in [3.8, 4) is 0 Å². The molecule has 1 rings (SSSR count). The Morgan fingerprint density at radius 2 is 2.08 bits per heavy atom. The topological polar surface area (TPSA) is 87.5 Å². The monoisotopic (exact) mass is 189 g/mol. The van der Waals surface area contributed by atoms with E-state index in [1.54, 1.807) is 6.07 Å². The molecule has 6 heteroatoms. The van der Waals surface area contributed by atoms with Crippen molar-refractivity contribution in [1.82, 2.24) is 4.98 Å². The van der Waals surface area contributed by atoms with Gasteiger partial charge in [0.05, 0.1) is 5.69 Å². The van der Waals surface area contributed by atoms with Crippen molar-refractivity contribution >= 4 is 10.1 Å². The van der Waals surface area contributed by atoms with Crippen LogP contribution in [-0.4, -0.2) is 23.1 Å². The Balaban J connectivity index is 3.02. The Kier molecular flexibility index (Phi) is 2.41. The molecule has 0 aliphatic carbocycles. The van der Waals surface area contributed by atoms with E-state index in [0.29, 0.717) is 0 Å². The van der Waals surface area contributed by atoms with Crippen LogP contribution in [-0.2, 0) is 10.1 Å². The third kappa shape index (κ3) is 2.00. The maximum Gasteiger partial charge on any atom is 0.298 e. The number of aliphatic hydroxyl groups excluding tert-OH is 1. The molecule has 1 unspecified atom stereocenters. The molecule has 0 radical (unpaired) electrons. The van der Waals surface area contributed by atoms with Crippen LogP contribution in [0.5, 0.6) is 0 Å². The van der Waals surface area contributed by atoms with Crippen LogP contribution in [0.25, 0.3) is 0 Å². The average Bonchev–Trinajstić information content (AvgIpc) is 2.03. The van der Waals surface area contributed by atoms with E-state index in [0.717, 1.165) is 0 Å². The predicted octanol–water partition coefficient (Wildman–Crippen LogP) is -0.0397. The lowest BCUT2D eigenvalue weighted by molar-refractivity contribution is 0.234. The van der Waals surface area contributed by atoms with Gasteiger partial charge in [0, 0.05) is 6.20 Å².